The van der Waals surface area contributed by atoms with Crippen LogP contribution in [0, 0.1) is 0 Å². The second kappa shape index (κ2) is 5.40. The molecular formula is C15H14N2O4. The number of hydrogen-bond donors (Lipinski definition) is 1. The highest BCUT2D eigenvalue weighted by Crippen LogP contribution is 2.13. The summed E-state index contributed by atoms with van der Waals surface area (Å²) in [4.78, 5) is 37.2. The second-order valence-corrected chi connectivity index (χ2v) is 4.86. The lowest BCUT2D eigenvalue weighted by molar-refractivity contribution is -0.120. The van der Waals surface area contributed by atoms with Gasteiger partial charge in [-0.25, -0.2) is 0 Å². The van der Waals surface area contributed by atoms with Crippen LogP contribution in [0.5, 0.6) is 0 Å². The van der Waals surface area contributed by atoms with Gasteiger partial charge in [-0.1, -0.05) is 12.1 Å². The van der Waals surface area contributed by atoms with Gasteiger partial charge in [-0.05, 0) is 12.1 Å². The first-order valence-corrected chi connectivity index (χ1v) is 6.74. The Hall–Kier alpha value is -2.63. The van der Waals surface area contributed by atoms with E-state index in [1.54, 1.807) is 24.3 Å². The molecule has 1 aliphatic heterocycles. The maximum absolute atomic E-state index is 12.4. The number of nitrogens with zero attached hydrogens (tertiary/aromatic N) is 1. The first kappa shape index (κ1) is 13.4. The van der Waals surface area contributed by atoms with Gasteiger partial charge in [0.15, 0.2) is 11.2 Å². The fourth-order valence-corrected chi connectivity index (χ4v) is 2.34. The van der Waals surface area contributed by atoms with Gasteiger partial charge in [0, 0.05) is 32.1 Å². The van der Waals surface area contributed by atoms with Crippen LogP contribution in [0.2, 0.25) is 0 Å². The summed E-state index contributed by atoms with van der Waals surface area (Å²) in [7, 11) is 0. The Bertz CT molecular complexity index is 766. The van der Waals surface area contributed by atoms with E-state index in [4.69, 9.17) is 4.42 Å². The van der Waals surface area contributed by atoms with Crippen LogP contribution in [0.3, 0.4) is 0 Å². The van der Waals surface area contributed by atoms with E-state index in [0.29, 0.717) is 30.6 Å². The number of para-hydroxylation sites is 1. The van der Waals surface area contributed by atoms with Crippen LogP contribution in [0.25, 0.3) is 11.0 Å². The van der Waals surface area contributed by atoms with Gasteiger partial charge in [0.05, 0.1) is 5.39 Å². The van der Waals surface area contributed by atoms with Gasteiger partial charge in [-0.2, -0.15) is 0 Å². The molecule has 0 saturated carbocycles. The Morgan fingerprint density at radius 1 is 1.19 bits per heavy atom. The number of carbonyl (C=O) groups is 2. The van der Waals surface area contributed by atoms with Crippen molar-refractivity contribution < 1.29 is 14.0 Å². The van der Waals surface area contributed by atoms with Crippen LogP contribution in [0.1, 0.15) is 17.0 Å². The molecule has 1 aromatic carbocycles. The summed E-state index contributed by atoms with van der Waals surface area (Å²) in [5.74, 6) is -0.437. The minimum Gasteiger partial charge on any atom is -0.451 e. The second-order valence-electron chi connectivity index (χ2n) is 4.86. The molecular weight excluding hydrogens is 272 g/mol. The lowest BCUT2D eigenvalue weighted by Gasteiger charge is -2.18. The van der Waals surface area contributed by atoms with E-state index in [1.165, 1.54) is 11.0 Å². The summed E-state index contributed by atoms with van der Waals surface area (Å²) < 4.78 is 5.53. The van der Waals surface area contributed by atoms with Gasteiger partial charge in [-0.15, -0.1) is 0 Å². The van der Waals surface area contributed by atoms with E-state index in [1.807, 2.05) is 0 Å². The normalized spacial score (nSPS) is 15.6. The summed E-state index contributed by atoms with van der Waals surface area (Å²) in [6, 6.07) is 8.01. The molecule has 1 saturated heterocycles. The lowest BCUT2D eigenvalue weighted by atomic mass is 10.2. The van der Waals surface area contributed by atoms with Crippen LogP contribution < -0.4 is 10.7 Å². The zero-order chi connectivity index (χ0) is 14.8. The molecule has 1 fully saturated rings. The molecule has 1 N–H and O–H groups in total. The Balaban J connectivity index is 1.94. The Labute approximate surface area is 120 Å². The van der Waals surface area contributed by atoms with E-state index in [9.17, 15) is 14.4 Å². The fraction of sp³-hybridized carbons (Fsp3) is 0.267. The third-order valence-electron chi connectivity index (χ3n) is 3.45. The molecule has 2 aromatic rings. The molecule has 108 valence electrons. The van der Waals surface area contributed by atoms with Gasteiger partial charge >= 0.3 is 0 Å². The van der Waals surface area contributed by atoms with Crippen molar-refractivity contribution in [3.63, 3.8) is 0 Å². The number of benzene rings is 1. The van der Waals surface area contributed by atoms with Crippen LogP contribution >= 0.6 is 0 Å². The molecule has 0 radical (unpaired) electrons. The molecule has 0 unspecified atom stereocenters. The van der Waals surface area contributed by atoms with Crippen molar-refractivity contribution in [3.8, 4) is 0 Å². The maximum atomic E-state index is 12.4. The Morgan fingerprint density at radius 3 is 2.86 bits per heavy atom. The maximum Gasteiger partial charge on any atom is 0.289 e. The van der Waals surface area contributed by atoms with Gasteiger partial charge in [0.25, 0.3) is 5.91 Å². The summed E-state index contributed by atoms with van der Waals surface area (Å²) in [5.41, 5.74) is 0.140. The van der Waals surface area contributed by atoms with E-state index in [-0.39, 0.29) is 29.4 Å². The first-order valence-electron chi connectivity index (χ1n) is 6.74. The highest BCUT2D eigenvalue weighted by atomic mass is 16.3. The van der Waals surface area contributed by atoms with E-state index >= 15 is 0 Å². The third kappa shape index (κ3) is 2.65. The Kier molecular flexibility index (Phi) is 3.43. The Morgan fingerprint density at radius 2 is 2.00 bits per heavy atom. The number of carbonyl (C=O) groups excluding carboxylic acids is 2. The third-order valence-corrected chi connectivity index (χ3v) is 3.45. The van der Waals surface area contributed by atoms with Crippen LogP contribution in [-0.4, -0.2) is 36.3 Å². The van der Waals surface area contributed by atoms with Crippen molar-refractivity contribution in [1.82, 2.24) is 10.2 Å². The summed E-state index contributed by atoms with van der Waals surface area (Å²) >= 11 is 0. The van der Waals surface area contributed by atoms with E-state index in [0.717, 1.165) is 0 Å². The van der Waals surface area contributed by atoms with Crippen molar-refractivity contribution in [2.45, 2.75) is 6.42 Å². The lowest BCUT2D eigenvalue weighted by Crippen LogP contribution is -2.34. The SMILES string of the molecule is O=C1CCN(C(=O)c2cc(=O)c3ccccc3o2)CCN1. The van der Waals surface area contributed by atoms with Gasteiger partial charge in [0.2, 0.25) is 5.91 Å². The van der Waals surface area contributed by atoms with Crippen LogP contribution in [0.4, 0.5) is 0 Å². The molecule has 6 nitrogen and oxygen atoms in total. The number of nitrogens with one attached hydrogen (secondary N) is 1. The molecule has 0 bridgehead atoms. The van der Waals surface area contributed by atoms with Crippen LogP contribution in [-0.2, 0) is 4.79 Å². The molecule has 1 aromatic heterocycles. The number of amides is 2. The molecule has 21 heavy (non-hydrogen) atoms. The van der Waals surface area contributed by atoms with Crippen molar-refractivity contribution in [3.05, 3.63) is 46.3 Å². The van der Waals surface area contributed by atoms with Crippen molar-refractivity contribution in [2.24, 2.45) is 0 Å². The van der Waals surface area contributed by atoms with E-state index in [2.05, 4.69) is 5.32 Å². The number of rotatable bonds is 1. The average Bonchev–Trinajstić information content (AvgIpc) is 2.71. The molecule has 2 amide bonds. The number of fused-ring (bicyclic) bond motifs is 1. The summed E-state index contributed by atoms with van der Waals surface area (Å²) in [6.45, 7) is 1.13. The summed E-state index contributed by atoms with van der Waals surface area (Å²) in [6.07, 6.45) is 0.254. The molecule has 2 heterocycles. The molecule has 3 rings (SSSR count). The van der Waals surface area contributed by atoms with Gasteiger partial charge in [0.1, 0.15) is 5.58 Å². The average molecular weight is 286 g/mol. The molecule has 0 aliphatic carbocycles. The summed E-state index contributed by atoms with van der Waals surface area (Å²) in [5, 5.41) is 3.14. The quantitative estimate of drug-likeness (QED) is 0.839. The fourth-order valence-electron chi connectivity index (χ4n) is 2.34. The smallest absolute Gasteiger partial charge is 0.289 e. The molecule has 0 spiro atoms. The molecule has 1 aliphatic rings. The van der Waals surface area contributed by atoms with Crippen LogP contribution in [0.15, 0.2) is 39.5 Å². The standard InChI is InChI=1S/C15H14N2O4/c18-11-9-13(21-12-4-2-1-3-10(11)12)15(20)17-7-5-14(19)16-6-8-17/h1-4,9H,5-8H2,(H,16,19). The van der Waals surface area contributed by atoms with Gasteiger partial charge < -0.3 is 14.6 Å². The highest BCUT2D eigenvalue weighted by Gasteiger charge is 2.22. The zero-order valence-electron chi connectivity index (χ0n) is 11.3. The monoisotopic (exact) mass is 286 g/mol. The minimum atomic E-state index is -0.366. The molecule has 6 heteroatoms. The van der Waals surface area contributed by atoms with Crippen molar-refractivity contribution in [1.29, 1.82) is 0 Å². The first-order chi connectivity index (χ1) is 10.1. The van der Waals surface area contributed by atoms with Crippen molar-refractivity contribution in [2.75, 3.05) is 19.6 Å². The number of hydrogen-bond acceptors (Lipinski definition) is 4. The van der Waals surface area contributed by atoms with Crippen molar-refractivity contribution >= 4 is 22.8 Å². The largest absolute Gasteiger partial charge is 0.451 e. The predicted molar refractivity (Wildman–Crippen MR) is 76.0 cm³/mol. The van der Waals surface area contributed by atoms with E-state index < -0.39 is 0 Å². The minimum absolute atomic E-state index is 0.00745. The highest BCUT2D eigenvalue weighted by molar-refractivity contribution is 5.93. The molecule has 0 atom stereocenters. The van der Waals surface area contributed by atoms with Gasteiger partial charge in [-0.3, -0.25) is 14.4 Å². The topological polar surface area (TPSA) is 79.6 Å². The zero-order valence-corrected chi connectivity index (χ0v) is 11.3. The predicted octanol–water partition coefficient (Wildman–Crippen LogP) is 0.755.